The number of likely N-dealkylation sites (N-methyl/N-ethyl adjacent to an activating group) is 1. The molecule has 0 spiro atoms. The molecule has 0 radical (unpaired) electrons. The number of hydrogen-bond acceptors (Lipinski definition) is 2. The topological polar surface area (TPSA) is 12.5 Å². The van der Waals surface area contributed by atoms with Crippen molar-refractivity contribution in [2.75, 3.05) is 20.6 Å². The Kier molecular flexibility index (Phi) is 4.71. The first-order chi connectivity index (χ1) is 7.00. The first-order valence-electron chi connectivity index (χ1n) is 4.76. The molecule has 0 saturated carbocycles. The third-order valence-electron chi connectivity index (χ3n) is 1.86. The van der Waals surface area contributed by atoms with E-state index in [9.17, 15) is 0 Å². The molecule has 84 valence electrons. The molecule has 0 N–H and O–H groups in total. The van der Waals surface area contributed by atoms with E-state index in [0.717, 1.165) is 6.54 Å². The minimum Gasteiger partial charge on any atom is -0.486 e. The van der Waals surface area contributed by atoms with E-state index < -0.39 is 0 Å². The van der Waals surface area contributed by atoms with Crippen LogP contribution in [-0.4, -0.2) is 31.6 Å². The molecule has 0 aliphatic carbocycles. The van der Waals surface area contributed by atoms with Gasteiger partial charge in [-0.25, -0.2) is 0 Å². The summed E-state index contributed by atoms with van der Waals surface area (Å²) in [6, 6.07) is 5.34. The van der Waals surface area contributed by atoms with E-state index >= 15 is 0 Å². The zero-order valence-electron chi connectivity index (χ0n) is 9.13. The van der Waals surface area contributed by atoms with Gasteiger partial charge in [0.2, 0.25) is 0 Å². The number of halogens is 2. The van der Waals surface area contributed by atoms with E-state index in [1.807, 2.05) is 21.0 Å². The van der Waals surface area contributed by atoms with Crippen LogP contribution >= 0.6 is 23.2 Å². The largest absolute Gasteiger partial charge is 0.486 e. The first-order valence-corrected chi connectivity index (χ1v) is 5.51. The lowest BCUT2D eigenvalue weighted by Gasteiger charge is -2.20. The van der Waals surface area contributed by atoms with E-state index in [2.05, 4.69) is 4.90 Å². The van der Waals surface area contributed by atoms with Crippen LogP contribution in [0.3, 0.4) is 0 Å². The summed E-state index contributed by atoms with van der Waals surface area (Å²) in [4.78, 5) is 2.05. The van der Waals surface area contributed by atoms with E-state index in [4.69, 9.17) is 27.9 Å². The van der Waals surface area contributed by atoms with Gasteiger partial charge in [0.05, 0.1) is 10.0 Å². The lowest BCUT2D eigenvalue weighted by molar-refractivity contribution is 0.177. The van der Waals surface area contributed by atoms with Crippen LogP contribution < -0.4 is 4.74 Å². The van der Waals surface area contributed by atoms with Crippen molar-refractivity contribution in [3.05, 3.63) is 28.2 Å². The smallest absolute Gasteiger partial charge is 0.156 e. The SMILES string of the molecule is CC(CN(C)C)Oc1c(Cl)cccc1Cl. The second-order valence-electron chi connectivity index (χ2n) is 3.74. The van der Waals surface area contributed by atoms with Gasteiger partial charge in [-0.3, -0.25) is 0 Å². The van der Waals surface area contributed by atoms with Gasteiger partial charge in [-0.15, -0.1) is 0 Å². The fraction of sp³-hybridized carbons (Fsp3) is 0.455. The maximum Gasteiger partial charge on any atom is 0.156 e. The lowest BCUT2D eigenvalue weighted by Crippen LogP contribution is -2.28. The van der Waals surface area contributed by atoms with Crippen LogP contribution in [0, 0.1) is 0 Å². The summed E-state index contributed by atoms with van der Waals surface area (Å²) in [5.74, 6) is 0.565. The van der Waals surface area contributed by atoms with Crippen LogP contribution in [-0.2, 0) is 0 Å². The maximum atomic E-state index is 5.99. The average molecular weight is 248 g/mol. The minimum atomic E-state index is 0.0531. The summed E-state index contributed by atoms with van der Waals surface area (Å²) >= 11 is 12.0. The lowest BCUT2D eigenvalue weighted by atomic mass is 10.3. The molecule has 0 fully saturated rings. The van der Waals surface area contributed by atoms with Gasteiger partial charge in [-0.05, 0) is 33.2 Å². The first kappa shape index (κ1) is 12.6. The third-order valence-corrected chi connectivity index (χ3v) is 2.46. The zero-order valence-corrected chi connectivity index (χ0v) is 10.6. The predicted octanol–water partition coefficient (Wildman–Crippen LogP) is 3.32. The molecule has 0 aliphatic rings. The molecule has 0 aromatic heterocycles. The Hall–Kier alpha value is -0.440. The zero-order chi connectivity index (χ0) is 11.4. The summed E-state index contributed by atoms with van der Waals surface area (Å²) < 4.78 is 5.68. The van der Waals surface area contributed by atoms with Crippen molar-refractivity contribution >= 4 is 23.2 Å². The molecule has 0 bridgehead atoms. The molecular formula is C11H15Cl2NO. The molecule has 0 aliphatic heterocycles. The van der Waals surface area contributed by atoms with Crippen LogP contribution in [0.15, 0.2) is 18.2 Å². The Bertz CT molecular complexity index is 308. The fourth-order valence-corrected chi connectivity index (χ4v) is 1.83. The van der Waals surface area contributed by atoms with Crippen LogP contribution in [0.5, 0.6) is 5.75 Å². The van der Waals surface area contributed by atoms with Crippen LogP contribution in [0.4, 0.5) is 0 Å². The Labute approximate surface area is 101 Å². The van der Waals surface area contributed by atoms with Gasteiger partial charge >= 0.3 is 0 Å². The standard InChI is InChI=1S/C11H15Cl2NO/c1-8(7-14(2)3)15-11-9(12)5-4-6-10(11)13/h4-6,8H,7H2,1-3H3. The molecule has 1 aromatic rings. The van der Waals surface area contributed by atoms with E-state index in [-0.39, 0.29) is 6.10 Å². The highest BCUT2D eigenvalue weighted by molar-refractivity contribution is 6.37. The number of para-hydroxylation sites is 1. The molecular weight excluding hydrogens is 233 g/mol. The van der Waals surface area contributed by atoms with Crippen molar-refractivity contribution in [1.82, 2.24) is 4.90 Å². The van der Waals surface area contributed by atoms with Crippen LogP contribution in [0.2, 0.25) is 10.0 Å². The molecule has 0 heterocycles. The number of hydrogen-bond donors (Lipinski definition) is 0. The Morgan fingerprint density at radius 1 is 1.27 bits per heavy atom. The molecule has 0 saturated heterocycles. The highest BCUT2D eigenvalue weighted by Gasteiger charge is 2.11. The number of benzene rings is 1. The minimum absolute atomic E-state index is 0.0531. The van der Waals surface area contributed by atoms with E-state index in [0.29, 0.717) is 15.8 Å². The van der Waals surface area contributed by atoms with Gasteiger partial charge < -0.3 is 9.64 Å². The van der Waals surface area contributed by atoms with Crippen LogP contribution in [0.25, 0.3) is 0 Å². The molecule has 15 heavy (non-hydrogen) atoms. The molecule has 1 aromatic carbocycles. The molecule has 0 amide bonds. The van der Waals surface area contributed by atoms with Gasteiger partial charge in [-0.2, -0.15) is 0 Å². The summed E-state index contributed by atoms with van der Waals surface area (Å²) in [6.45, 7) is 2.81. The van der Waals surface area contributed by atoms with Crippen molar-refractivity contribution in [2.45, 2.75) is 13.0 Å². The average Bonchev–Trinajstić information content (AvgIpc) is 2.10. The summed E-state index contributed by atoms with van der Waals surface area (Å²) in [7, 11) is 3.99. The van der Waals surface area contributed by atoms with Gasteiger partial charge in [0.25, 0.3) is 0 Å². The molecule has 4 heteroatoms. The fourth-order valence-electron chi connectivity index (χ4n) is 1.35. The second-order valence-corrected chi connectivity index (χ2v) is 4.56. The highest BCUT2D eigenvalue weighted by atomic mass is 35.5. The highest BCUT2D eigenvalue weighted by Crippen LogP contribution is 2.33. The summed E-state index contributed by atoms with van der Waals surface area (Å²) in [6.07, 6.45) is 0.0531. The molecule has 1 unspecified atom stereocenters. The third kappa shape index (κ3) is 3.90. The van der Waals surface area contributed by atoms with Crippen molar-refractivity contribution in [2.24, 2.45) is 0 Å². The normalized spacial score (nSPS) is 12.9. The monoisotopic (exact) mass is 247 g/mol. The Balaban J connectivity index is 2.71. The van der Waals surface area contributed by atoms with E-state index in [1.54, 1.807) is 18.2 Å². The van der Waals surface area contributed by atoms with Crippen molar-refractivity contribution in [3.8, 4) is 5.75 Å². The quantitative estimate of drug-likeness (QED) is 0.810. The van der Waals surface area contributed by atoms with Crippen molar-refractivity contribution < 1.29 is 4.74 Å². The van der Waals surface area contributed by atoms with Gasteiger partial charge in [0, 0.05) is 6.54 Å². The van der Waals surface area contributed by atoms with Crippen molar-refractivity contribution in [1.29, 1.82) is 0 Å². The number of nitrogens with zero attached hydrogens (tertiary/aromatic N) is 1. The summed E-state index contributed by atoms with van der Waals surface area (Å²) in [5, 5.41) is 1.10. The van der Waals surface area contributed by atoms with Crippen LogP contribution in [0.1, 0.15) is 6.92 Å². The van der Waals surface area contributed by atoms with Gasteiger partial charge in [0.1, 0.15) is 6.10 Å². The van der Waals surface area contributed by atoms with Gasteiger partial charge in [-0.1, -0.05) is 29.3 Å². The molecule has 1 atom stereocenters. The number of rotatable bonds is 4. The van der Waals surface area contributed by atoms with E-state index in [1.165, 1.54) is 0 Å². The molecule has 2 nitrogen and oxygen atoms in total. The number of ether oxygens (including phenoxy) is 1. The van der Waals surface area contributed by atoms with Gasteiger partial charge in [0.15, 0.2) is 5.75 Å². The van der Waals surface area contributed by atoms with Crippen molar-refractivity contribution in [3.63, 3.8) is 0 Å². The molecule has 1 rings (SSSR count). The maximum absolute atomic E-state index is 5.99. The summed E-state index contributed by atoms with van der Waals surface area (Å²) in [5.41, 5.74) is 0. The predicted molar refractivity (Wildman–Crippen MR) is 65.1 cm³/mol. The Morgan fingerprint density at radius 3 is 2.27 bits per heavy atom. The Morgan fingerprint density at radius 2 is 1.80 bits per heavy atom. The second kappa shape index (κ2) is 5.59.